The van der Waals surface area contributed by atoms with E-state index in [2.05, 4.69) is 155 Å². The van der Waals surface area contributed by atoms with E-state index in [1.807, 2.05) is 47.0 Å². The number of nitrogens with zero attached hydrogens (tertiary/aromatic N) is 4. The zero-order chi connectivity index (χ0) is 45.3. The molecule has 1 aliphatic heterocycles. The van der Waals surface area contributed by atoms with Crippen LogP contribution in [0.25, 0.3) is 49.9 Å². The molecule has 7 aromatic carbocycles. The third-order valence-corrected chi connectivity index (χ3v) is 12.1. The van der Waals surface area contributed by atoms with E-state index in [1.165, 1.54) is 17.7 Å². The van der Waals surface area contributed by atoms with E-state index in [-0.39, 0.29) is 31.9 Å². The minimum atomic E-state index is -4.50. The van der Waals surface area contributed by atoms with Crippen LogP contribution in [0.3, 0.4) is 0 Å². The predicted octanol–water partition coefficient (Wildman–Crippen LogP) is 15.9. The van der Waals surface area contributed by atoms with Gasteiger partial charge in [0, 0.05) is 61.3 Å². The van der Waals surface area contributed by atoms with Gasteiger partial charge in [-0.05, 0) is 98.1 Å². The minimum absolute atomic E-state index is 0. The van der Waals surface area contributed by atoms with Crippen molar-refractivity contribution in [1.29, 1.82) is 0 Å². The van der Waals surface area contributed by atoms with Crippen molar-refractivity contribution < 1.29 is 39.0 Å². The topological polar surface area (TPSA) is 33.5 Å². The van der Waals surface area contributed by atoms with Gasteiger partial charge in [0.15, 0.2) is 0 Å². The van der Waals surface area contributed by atoms with Gasteiger partial charge < -0.3 is 19.1 Å². The Balaban J connectivity index is 0.00000548. The van der Waals surface area contributed by atoms with E-state index in [0.717, 1.165) is 56.6 Å². The van der Waals surface area contributed by atoms with Crippen molar-refractivity contribution in [1.82, 2.24) is 9.55 Å². The number of halogens is 3. The summed E-state index contributed by atoms with van der Waals surface area (Å²) >= 11 is 0. The van der Waals surface area contributed by atoms with Crippen molar-refractivity contribution in [3.05, 3.63) is 199 Å². The van der Waals surface area contributed by atoms with Gasteiger partial charge >= 0.3 is 6.18 Å². The molecule has 9 aromatic rings. The zero-order valence-corrected chi connectivity index (χ0v) is 39.6. The largest absolute Gasteiger partial charge is 0.509 e. The summed E-state index contributed by atoms with van der Waals surface area (Å²) in [4.78, 5) is 9.08. The van der Waals surface area contributed by atoms with Crippen molar-refractivity contribution in [3.8, 4) is 39.6 Å². The molecule has 334 valence electrons. The van der Waals surface area contributed by atoms with Crippen LogP contribution in [-0.2, 0) is 38.1 Å². The van der Waals surface area contributed by atoms with E-state index >= 15 is 0 Å². The molecule has 0 N–H and O–H groups in total. The number of pyridine rings is 1. The summed E-state index contributed by atoms with van der Waals surface area (Å²) in [7, 11) is 0. The van der Waals surface area contributed by atoms with Gasteiger partial charge in [0.2, 0.25) is 0 Å². The molecule has 0 aliphatic carbocycles. The first-order valence-corrected chi connectivity index (χ1v) is 21.7. The zero-order valence-electron chi connectivity index (χ0n) is 37.3. The standard InChI is InChI=1S/C57H46F3N4O.Pt/c1-55(2,3)41-26-27-61-54(33-41)64-50-25-21-42(57(58,59)60)32-49(50)48-23-22-47(35-52(48)64)65-46-19-13-18-44(34-46)62-36-63(53-30-39(20-24-51(53)62)37-14-9-7-10-15-37)45-29-40(38-16-11-8-12-17-38)28-43(31-45)56(4,5)6;/h7-33,36H,1-6H3;/q-3;. The molecule has 66 heavy (non-hydrogen) atoms. The maximum Gasteiger partial charge on any atom is 0.416 e. The molecule has 9 heteroatoms. The fourth-order valence-corrected chi connectivity index (χ4v) is 8.51. The van der Waals surface area contributed by atoms with Crippen molar-refractivity contribution in [2.24, 2.45) is 0 Å². The summed E-state index contributed by atoms with van der Waals surface area (Å²) < 4.78 is 50.5. The summed E-state index contributed by atoms with van der Waals surface area (Å²) in [5.74, 6) is 1.40. The van der Waals surface area contributed by atoms with E-state index in [9.17, 15) is 13.2 Å². The van der Waals surface area contributed by atoms with Gasteiger partial charge in [-0.3, -0.25) is 0 Å². The summed E-state index contributed by atoms with van der Waals surface area (Å²) in [6, 6.07) is 58.2. The number of fused-ring (bicyclic) bond motifs is 4. The van der Waals surface area contributed by atoms with Crippen molar-refractivity contribution >= 4 is 44.6 Å². The van der Waals surface area contributed by atoms with E-state index < -0.39 is 11.7 Å². The molecule has 0 unspecified atom stereocenters. The first-order valence-electron chi connectivity index (χ1n) is 21.7. The second kappa shape index (κ2) is 17.0. The summed E-state index contributed by atoms with van der Waals surface area (Å²) in [6.45, 7) is 15.2. The van der Waals surface area contributed by atoms with Crippen LogP contribution >= 0.6 is 0 Å². The maximum absolute atomic E-state index is 14.0. The summed E-state index contributed by atoms with van der Waals surface area (Å²) in [5.41, 5.74) is 10.6. The number of rotatable bonds is 7. The first kappa shape index (κ1) is 44.6. The third kappa shape index (κ3) is 8.51. The van der Waals surface area contributed by atoms with Crippen LogP contribution in [0, 0.1) is 18.8 Å². The van der Waals surface area contributed by atoms with Gasteiger partial charge in [-0.25, -0.2) is 4.98 Å². The number of aromatic nitrogens is 2. The van der Waals surface area contributed by atoms with E-state index in [0.29, 0.717) is 39.1 Å². The number of benzene rings is 7. The smallest absolute Gasteiger partial charge is 0.416 e. The van der Waals surface area contributed by atoms with E-state index in [1.54, 1.807) is 18.3 Å². The predicted molar refractivity (Wildman–Crippen MR) is 257 cm³/mol. The quantitative estimate of drug-likeness (QED) is 0.149. The molecule has 1 aliphatic rings. The van der Waals surface area contributed by atoms with Crippen LogP contribution in [0.4, 0.5) is 35.9 Å². The molecule has 0 bridgehead atoms. The average Bonchev–Trinajstić information content (AvgIpc) is 3.84. The minimum Gasteiger partial charge on any atom is -0.509 e. The molecule has 0 atom stereocenters. The van der Waals surface area contributed by atoms with Crippen LogP contribution in [0.15, 0.2) is 164 Å². The molecular formula is C57H46F3N4OPt-3. The maximum atomic E-state index is 14.0. The molecule has 0 saturated carbocycles. The molecule has 0 amide bonds. The van der Waals surface area contributed by atoms with Gasteiger partial charge in [0.25, 0.3) is 0 Å². The van der Waals surface area contributed by atoms with Crippen LogP contribution in [0.2, 0.25) is 0 Å². The Kier molecular flexibility index (Phi) is 11.5. The van der Waals surface area contributed by atoms with Gasteiger partial charge in [-0.15, -0.1) is 48.1 Å². The van der Waals surface area contributed by atoms with Gasteiger partial charge in [0.1, 0.15) is 5.82 Å². The summed E-state index contributed by atoms with van der Waals surface area (Å²) in [5, 5.41) is 1.05. The second-order valence-electron chi connectivity index (χ2n) is 18.6. The average molecular weight is 1060 g/mol. The Morgan fingerprint density at radius 1 is 0.530 bits per heavy atom. The monoisotopic (exact) mass is 1050 g/mol. The molecular weight excluding hydrogens is 1010 g/mol. The van der Waals surface area contributed by atoms with Crippen molar-refractivity contribution in [2.75, 3.05) is 9.80 Å². The molecule has 0 spiro atoms. The molecule has 0 radical (unpaired) electrons. The molecule has 5 nitrogen and oxygen atoms in total. The van der Waals surface area contributed by atoms with Crippen molar-refractivity contribution in [2.45, 2.75) is 58.5 Å². The fraction of sp³-hybridized carbons (Fsp3) is 0.158. The molecule has 0 saturated heterocycles. The fourth-order valence-electron chi connectivity index (χ4n) is 8.51. The SMILES string of the molecule is CC(C)(C)c1cc(-c2ccccc2)cc(N2[CH-]N(c3[c-]c(Oc4[c-]c5c(cc4)c4cc(C(F)(F)F)ccc4n5-c4cc(C(C)(C)C)ccn4)ccc3)c3ccc(-c4ccccc4)cc32)c1.[Pt]. The normalized spacial score (nSPS) is 13.0. The summed E-state index contributed by atoms with van der Waals surface area (Å²) in [6.07, 6.45) is -2.77. The molecule has 10 rings (SSSR count). The first-order chi connectivity index (χ1) is 31.1. The number of ether oxygens (including phenoxy) is 1. The van der Waals surface area contributed by atoms with Crippen LogP contribution in [0.5, 0.6) is 11.5 Å². The van der Waals surface area contributed by atoms with Gasteiger partial charge in [-0.2, -0.15) is 25.3 Å². The molecule has 3 heterocycles. The van der Waals surface area contributed by atoms with Crippen molar-refractivity contribution in [3.63, 3.8) is 0 Å². The second-order valence-corrected chi connectivity index (χ2v) is 18.6. The Bertz CT molecular complexity index is 3240. The third-order valence-electron chi connectivity index (χ3n) is 12.1. The number of hydrogen-bond donors (Lipinski definition) is 0. The number of hydrogen-bond acceptors (Lipinski definition) is 4. The van der Waals surface area contributed by atoms with Crippen LogP contribution < -0.4 is 14.5 Å². The molecule has 0 fully saturated rings. The van der Waals surface area contributed by atoms with Crippen LogP contribution in [0.1, 0.15) is 58.2 Å². The Morgan fingerprint density at radius 2 is 1.23 bits per heavy atom. The number of anilines is 4. The van der Waals surface area contributed by atoms with Gasteiger partial charge in [0.05, 0.1) is 5.56 Å². The molecule has 2 aromatic heterocycles. The van der Waals surface area contributed by atoms with Crippen LogP contribution in [-0.4, -0.2) is 9.55 Å². The van der Waals surface area contributed by atoms with E-state index in [4.69, 9.17) is 9.72 Å². The Hall–Kier alpha value is -6.63. The number of alkyl halides is 3. The Morgan fingerprint density at radius 3 is 1.92 bits per heavy atom. The van der Waals surface area contributed by atoms with Gasteiger partial charge in [-0.1, -0.05) is 126 Å². The Labute approximate surface area is 398 Å².